The summed E-state index contributed by atoms with van der Waals surface area (Å²) in [5.74, 6) is 0.422. The molecule has 2 aliphatic heterocycles. The summed E-state index contributed by atoms with van der Waals surface area (Å²) in [6.45, 7) is 13.9. The van der Waals surface area contributed by atoms with Crippen molar-refractivity contribution in [2.45, 2.75) is 89.8 Å². The number of likely N-dealkylation sites (tertiary alicyclic amines) is 1. The predicted octanol–water partition coefficient (Wildman–Crippen LogP) is 6.19. The molecule has 0 spiro atoms. The first-order valence-corrected chi connectivity index (χ1v) is 13.6. The molecule has 1 amide bonds. The largest absolute Gasteiger partial charge is 0.363 e. The summed E-state index contributed by atoms with van der Waals surface area (Å²) in [6, 6.07) is 15.8. The molecule has 1 N–H and O–H groups in total. The molecular formula is C31H43FN2O2. The van der Waals surface area contributed by atoms with Gasteiger partial charge in [0.2, 0.25) is 0 Å². The lowest BCUT2D eigenvalue weighted by Gasteiger charge is -2.46. The van der Waals surface area contributed by atoms with Crippen LogP contribution >= 0.6 is 0 Å². The van der Waals surface area contributed by atoms with E-state index in [1.807, 2.05) is 12.1 Å². The van der Waals surface area contributed by atoms with Crippen LogP contribution in [0.4, 0.5) is 4.39 Å². The molecule has 0 saturated carbocycles. The number of amides is 1. The minimum absolute atomic E-state index is 0.00660. The quantitative estimate of drug-likeness (QED) is 0.520. The Hall–Kier alpha value is -2.24. The molecule has 2 saturated heterocycles. The van der Waals surface area contributed by atoms with Gasteiger partial charge in [0.1, 0.15) is 11.4 Å². The normalized spacial score (nSPS) is 24.1. The molecule has 2 aromatic carbocycles. The third-order valence-electron chi connectivity index (χ3n) is 8.33. The number of piperidine rings is 1. The maximum Gasteiger partial charge on any atom is 0.252 e. The van der Waals surface area contributed by atoms with Crippen molar-refractivity contribution in [2.75, 3.05) is 19.7 Å². The van der Waals surface area contributed by atoms with Crippen molar-refractivity contribution < 1.29 is 13.9 Å². The second-order valence-electron chi connectivity index (χ2n) is 12.0. The van der Waals surface area contributed by atoms with E-state index in [2.05, 4.69) is 69.1 Å². The number of rotatable bonds is 6. The van der Waals surface area contributed by atoms with E-state index in [1.165, 1.54) is 11.1 Å². The van der Waals surface area contributed by atoms with Crippen LogP contribution < -0.4 is 5.32 Å². The topological polar surface area (TPSA) is 41.6 Å². The molecule has 2 fully saturated rings. The third kappa shape index (κ3) is 6.00. The molecule has 2 heterocycles. The van der Waals surface area contributed by atoms with Crippen molar-refractivity contribution in [1.82, 2.24) is 10.2 Å². The summed E-state index contributed by atoms with van der Waals surface area (Å²) in [4.78, 5) is 16.0. The average Bonchev–Trinajstić information content (AvgIpc) is 2.87. The molecule has 0 aliphatic carbocycles. The van der Waals surface area contributed by atoms with E-state index in [4.69, 9.17) is 4.74 Å². The molecule has 0 unspecified atom stereocenters. The van der Waals surface area contributed by atoms with Gasteiger partial charge in [0.05, 0.1) is 6.61 Å². The molecule has 4 nitrogen and oxygen atoms in total. The van der Waals surface area contributed by atoms with Gasteiger partial charge in [0, 0.05) is 12.6 Å². The zero-order valence-corrected chi connectivity index (χ0v) is 22.6. The summed E-state index contributed by atoms with van der Waals surface area (Å²) in [5, 5.41) is 3.19. The molecule has 0 radical (unpaired) electrons. The lowest BCUT2D eigenvalue weighted by atomic mass is 9.80. The lowest BCUT2D eigenvalue weighted by Crippen LogP contribution is -2.58. The zero-order valence-electron chi connectivity index (χ0n) is 22.6. The number of halogens is 1. The van der Waals surface area contributed by atoms with Gasteiger partial charge in [0.15, 0.2) is 0 Å². The molecule has 4 rings (SSSR count). The highest BCUT2D eigenvalue weighted by Crippen LogP contribution is 2.36. The first kappa shape index (κ1) is 26.8. The minimum atomic E-state index is -0.773. The Kier molecular flexibility index (Phi) is 8.21. The lowest BCUT2D eigenvalue weighted by molar-refractivity contribution is -0.170. The maximum absolute atomic E-state index is 13.4. The third-order valence-corrected chi connectivity index (χ3v) is 8.33. The number of carbonyl (C=O) groups is 1. The summed E-state index contributed by atoms with van der Waals surface area (Å²) in [6.07, 6.45) is 3.85. The fourth-order valence-electron chi connectivity index (χ4n) is 5.78. The van der Waals surface area contributed by atoms with Crippen molar-refractivity contribution in [3.05, 3.63) is 71.0 Å². The number of carbonyl (C=O) groups excluding carboxylic acids is 1. The predicted molar refractivity (Wildman–Crippen MR) is 143 cm³/mol. The van der Waals surface area contributed by atoms with Crippen LogP contribution in [0.15, 0.2) is 48.5 Å². The second-order valence-corrected chi connectivity index (χ2v) is 12.0. The van der Waals surface area contributed by atoms with Gasteiger partial charge in [-0.15, -0.1) is 0 Å². The number of hydrogen-bond donors (Lipinski definition) is 1. The Labute approximate surface area is 216 Å². The number of benzene rings is 2. The van der Waals surface area contributed by atoms with E-state index < -0.39 is 5.60 Å². The van der Waals surface area contributed by atoms with Crippen LogP contribution in [0.2, 0.25) is 0 Å². The van der Waals surface area contributed by atoms with E-state index >= 15 is 0 Å². The van der Waals surface area contributed by atoms with Gasteiger partial charge >= 0.3 is 0 Å². The van der Waals surface area contributed by atoms with Crippen molar-refractivity contribution in [3.8, 4) is 0 Å². The van der Waals surface area contributed by atoms with Crippen LogP contribution in [-0.4, -0.2) is 42.1 Å². The standard InChI is InChI=1S/C31H43FN2O2/c1-22(2)31(29(35)33-20-23-7-6-8-26(19-23)30(3,4)5)16-13-28(21-36-31)34-17-14-25(15-18-34)24-9-11-27(32)12-10-24/h6-12,19,22,25,28H,13-18,20-21H2,1-5H3,(H,33,35)/t28-,31+/m1/s1. The highest BCUT2D eigenvalue weighted by Gasteiger charge is 2.46. The van der Waals surface area contributed by atoms with Crippen LogP contribution in [0, 0.1) is 11.7 Å². The Morgan fingerprint density at radius 1 is 1.11 bits per heavy atom. The molecule has 2 aromatic rings. The van der Waals surface area contributed by atoms with E-state index in [0.29, 0.717) is 25.1 Å². The van der Waals surface area contributed by atoms with Gasteiger partial charge in [0.25, 0.3) is 5.91 Å². The highest BCUT2D eigenvalue weighted by atomic mass is 19.1. The highest BCUT2D eigenvalue weighted by molar-refractivity contribution is 5.85. The van der Waals surface area contributed by atoms with Crippen molar-refractivity contribution in [1.29, 1.82) is 0 Å². The number of nitrogens with one attached hydrogen (secondary N) is 1. The number of nitrogens with zero attached hydrogens (tertiary/aromatic N) is 1. The fraction of sp³-hybridized carbons (Fsp3) is 0.581. The minimum Gasteiger partial charge on any atom is -0.363 e. The summed E-state index contributed by atoms with van der Waals surface area (Å²) < 4.78 is 19.7. The molecule has 0 aromatic heterocycles. The van der Waals surface area contributed by atoms with Crippen molar-refractivity contribution >= 4 is 5.91 Å². The van der Waals surface area contributed by atoms with E-state index in [0.717, 1.165) is 44.3 Å². The van der Waals surface area contributed by atoms with Gasteiger partial charge in [-0.3, -0.25) is 9.69 Å². The first-order chi connectivity index (χ1) is 17.1. The molecule has 36 heavy (non-hydrogen) atoms. The Morgan fingerprint density at radius 3 is 2.39 bits per heavy atom. The van der Waals surface area contributed by atoms with Crippen molar-refractivity contribution in [3.63, 3.8) is 0 Å². The molecule has 196 valence electrons. The molecular weight excluding hydrogens is 451 g/mol. The average molecular weight is 495 g/mol. The molecule has 5 heteroatoms. The first-order valence-electron chi connectivity index (χ1n) is 13.6. The van der Waals surface area contributed by atoms with E-state index in [9.17, 15) is 9.18 Å². The summed E-state index contributed by atoms with van der Waals surface area (Å²) in [7, 11) is 0. The molecule has 2 atom stereocenters. The Morgan fingerprint density at radius 2 is 1.81 bits per heavy atom. The fourth-order valence-corrected chi connectivity index (χ4v) is 5.78. The number of hydrogen-bond acceptors (Lipinski definition) is 3. The Bertz CT molecular complexity index is 1010. The van der Waals surface area contributed by atoms with Crippen LogP contribution in [0.5, 0.6) is 0 Å². The van der Waals surface area contributed by atoms with Crippen LogP contribution in [0.25, 0.3) is 0 Å². The van der Waals surface area contributed by atoms with Gasteiger partial charge in [-0.25, -0.2) is 4.39 Å². The van der Waals surface area contributed by atoms with Gasteiger partial charge in [-0.05, 0) is 84.8 Å². The zero-order chi connectivity index (χ0) is 25.9. The monoisotopic (exact) mass is 494 g/mol. The summed E-state index contributed by atoms with van der Waals surface area (Å²) >= 11 is 0. The SMILES string of the molecule is CC(C)[C@]1(C(=O)NCc2cccc(C(C)(C)C)c2)CC[C@@H](N2CCC(c3ccc(F)cc3)CC2)CO1. The van der Waals surface area contributed by atoms with E-state index in [1.54, 1.807) is 12.1 Å². The summed E-state index contributed by atoms with van der Waals surface area (Å²) in [5.41, 5.74) is 2.93. The molecule has 0 bridgehead atoms. The van der Waals surface area contributed by atoms with Crippen LogP contribution in [-0.2, 0) is 21.5 Å². The Balaban J connectivity index is 1.32. The van der Waals surface area contributed by atoms with E-state index in [-0.39, 0.29) is 23.1 Å². The van der Waals surface area contributed by atoms with Crippen molar-refractivity contribution in [2.24, 2.45) is 5.92 Å². The maximum atomic E-state index is 13.4. The van der Waals surface area contributed by atoms with Gasteiger partial charge in [-0.2, -0.15) is 0 Å². The smallest absolute Gasteiger partial charge is 0.252 e. The van der Waals surface area contributed by atoms with Crippen LogP contribution in [0.1, 0.15) is 82.9 Å². The molecule has 2 aliphatic rings. The second kappa shape index (κ2) is 11.0. The number of ether oxygens (including phenoxy) is 1. The van der Waals surface area contributed by atoms with Crippen LogP contribution in [0.3, 0.4) is 0 Å². The van der Waals surface area contributed by atoms with Gasteiger partial charge < -0.3 is 10.1 Å². The van der Waals surface area contributed by atoms with Gasteiger partial charge in [-0.1, -0.05) is 71.0 Å².